The summed E-state index contributed by atoms with van der Waals surface area (Å²) in [4.78, 5) is 14.9. The molecule has 0 saturated heterocycles. The maximum absolute atomic E-state index is 12.8. The van der Waals surface area contributed by atoms with E-state index in [4.69, 9.17) is 31.4 Å². The molecule has 8 nitrogen and oxygen atoms in total. The minimum Gasteiger partial charge on any atom is -0.378 e. The Hall–Kier alpha value is -1.03. The summed E-state index contributed by atoms with van der Waals surface area (Å²) in [6.07, 6.45) is 22.9. The Morgan fingerprint density at radius 2 is 1.46 bits per heavy atom. The Kier molecular flexibility index (Phi) is 18.4. The lowest BCUT2D eigenvalue weighted by Crippen LogP contribution is -2.63. The van der Waals surface area contributed by atoms with E-state index in [0.717, 1.165) is 97.1 Å². The van der Waals surface area contributed by atoms with Crippen LogP contribution in [-0.4, -0.2) is 81.7 Å². The second-order valence-corrected chi connectivity index (χ2v) is 17.9. The van der Waals surface area contributed by atoms with Gasteiger partial charge in [0.1, 0.15) is 0 Å². The minimum absolute atomic E-state index is 0.0849. The molecular weight excluding hydrogens is 649 g/mol. The van der Waals surface area contributed by atoms with Crippen molar-refractivity contribution in [3.8, 4) is 0 Å². The lowest BCUT2D eigenvalue weighted by molar-refractivity contribution is -0.227. The van der Waals surface area contributed by atoms with Gasteiger partial charge in [-0.1, -0.05) is 66.4 Å². The van der Waals surface area contributed by atoms with Crippen molar-refractivity contribution in [2.45, 2.75) is 162 Å². The van der Waals surface area contributed by atoms with Gasteiger partial charge in [0.15, 0.2) is 0 Å². The zero-order valence-corrected chi connectivity index (χ0v) is 34.2. The molecule has 0 aromatic heterocycles. The van der Waals surface area contributed by atoms with E-state index < -0.39 is 0 Å². The maximum Gasteiger partial charge on any atom is 0.245 e. The van der Waals surface area contributed by atoms with E-state index in [1.54, 1.807) is 0 Å². The first kappa shape index (κ1) is 43.7. The number of nitrogens with two attached hydrogens (primary N) is 3. The van der Waals surface area contributed by atoms with Crippen LogP contribution in [0.4, 0.5) is 0 Å². The van der Waals surface area contributed by atoms with Crippen LogP contribution in [0, 0.1) is 46.3 Å². The highest BCUT2D eigenvalue weighted by atomic mass is 16.5. The van der Waals surface area contributed by atoms with Crippen LogP contribution >= 0.6 is 0 Å². The molecule has 4 fully saturated rings. The van der Waals surface area contributed by atoms with Crippen molar-refractivity contribution in [3.63, 3.8) is 0 Å². The molecule has 0 aromatic rings. The lowest BCUT2D eigenvalue weighted by atomic mass is 9.43. The van der Waals surface area contributed by atoms with Crippen LogP contribution in [-0.2, 0) is 19.0 Å². The van der Waals surface area contributed by atoms with E-state index in [0.29, 0.717) is 61.2 Å². The molecule has 0 heterocycles. The monoisotopic (exact) mass is 731 g/mol. The molecule has 4 aliphatic carbocycles. The molecule has 1 amide bonds. The number of nitrogens with zero attached hydrogens (tertiary/aromatic N) is 1. The molecule has 0 aliphatic heterocycles. The molecule has 0 aromatic carbocycles. The summed E-state index contributed by atoms with van der Waals surface area (Å²) < 4.78 is 20.4. The van der Waals surface area contributed by atoms with Crippen LogP contribution in [0.1, 0.15) is 143 Å². The Bertz CT molecular complexity index is 1050. The standard InChI is InChI=1S/C44H82N4O4/c1-6-8-9-10-11-12-25-48(41(49)7-2)26-13-17-33(3)36-18-19-37-42-38(32-40(44(36,37)5)52-29-16-24-47)43(4)21-20-35(50-27-14-22-45)30-34(43)31-39(42)51-28-15-23-46/h7,33-40,42H,2,6,8-32,45-47H2,1,3-5H3/t33-,34?,35-,36?,37+,38+,39-,40+,42?,43+,44-/m1/s1. The summed E-state index contributed by atoms with van der Waals surface area (Å²) in [6.45, 7) is 19.8. The number of hydrogen-bond acceptors (Lipinski definition) is 7. The van der Waals surface area contributed by atoms with Gasteiger partial charge in [-0.3, -0.25) is 4.79 Å². The highest BCUT2D eigenvalue weighted by molar-refractivity contribution is 5.86. The van der Waals surface area contributed by atoms with Crippen molar-refractivity contribution in [3.05, 3.63) is 12.7 Å². The van der Waals surface area contributed by atoms with E-state index in [2.05, 4.69) is 39.2 Å². The molecule has 4 aliphatic rings. The molecule has 4 rings (SSSR count). The molecular formula is C44H82N4O4. The van der Waals surface area contributed by atoms with Crippen molar-refractivity contribution < 1.29 is 19.0 Å². The summed E-state index contributed by atoms with van der Waals surface area (Å²) in [5.74, 6) is 3.53. The molecule has 0 radical (unpaired) electrons. The molecule has 302 valence electrons. The van der Waals surface area contributed by atoms with Crippen LogP contribution < -0.4 is 17.2 Å². The average Bonchev–Trinajstić information content (AvgIpc) is 3.50. The smallest absolute Gasteiger partial charge is 0.245 e. The number of ether oxygens (including phenoxy) is 3. The molecule has 11 atom stereocenters. The number of carbonyl (C=O) groups excluding carboxylic acids is 1. The first-order valence-corrected chi connectivity index (χ1v) is 22.1. The molecule has 6 N–H and O–H groups in total. The highest BCUT2D eigenvalue weighted by Gasteiger charge is 2.66. The summed E-state index contributed by atoms with van der Waals surface area (Å²) in [6, 6.07) is 0. The fourth-order valence-corrected chi connectivity index (χ4v) is 11.9. The molecule has 0 bridgehead atoms. The predicted molar refractivity (Wildman–Crippen MR) is 215 cm³/mol. The largest absolute Gasteiger partial charge is 0.378 e. The fraction of sp³-hybridized carbons (Fsp3) is 0.932. The van der Waals surface area contributed by atoms with Crippen molar-refractivity contribution in [1.29, 1.82) is 0 Å². The van der Waals surface area contributed by atoms with Crippen LogP contribution in [0.5, 0.6) is 0 Å². The average molecular weight is 731 g/mol. The van der Waals surface area contributed by atoms with Gasteiger partial charge in [-0.15, -0.1) is 0 Å². The first-order valence-electron chi connectivity index (χ1n) is 22.1. The van der Waals surface area contributed by atoms with Gasteiger partial charge in [0, 0.05) is 38.3 Å². The van der Waals surface area contributed by atoms with E-state index in [1.807, 2.05) is 0 Å². The van der Waals surface area contributed by atoms with E-state index in [1.165, 1.54) is 57.4 Å². The predicted octanol–water partition coefficient (Wildman–Crippen LogP) is 7.86. The second kappa shape index (κ2) is 21.9. The highest BCUT2D eigenvalue weighted by Crippen LogP contribution is 2.69. The first-order chi connectivity index (χ1) is 25.2. The Morgan fingerprint density at radius 3 is 2.15 bits per heavy atom. The summed E-state index contributed by atoms with van der Waals surface area (Å²) in [5.41, 5.74) is 18.2. The number of hydrogen-bond donors (Lipinski definition) is 3. The Balaban J connectivity index is 1.51. The number of fused-ring (bicyclic) bond motifs is 5. The second-order valence-electron chi connectivity index (χ2n) is 17.9. The Morgan fingerprint density at radius 1 is 0.808 bits per heavy atom. The third-order valence-electron chi connectivity index (χ3n) is 14.8. The van der Waals surface area contributed by atoms with Crippen LogP contribution in [0.25, 0.3) is 0 Å². The number of carbonyl (C=O) groups is 1. The van der Waals surface area contributed by atoms with Crippen LogP contribution in [0.3, 0.4) is 0 Å². The van der Waals surface area contributed by atoms with Gasteiger partial charge >= 0.3 is 0 Å². The van der Waals surface area contributed by atoms with Crippen LogP contribution in [0.2, 0.25) is 0 Å². The van der Waals surface area contributed by atoms with E-state index in [-0.39, 0.29) is 28.9 Å². The van der Waals surface area contributed by atoms with Gasteiger partial charge in [-0.2, -0.15) is 0 Å². The lowest BCUT2D eigenvalue weighted by Gasteiger charge is -2.65. The molecule has 52 heavy (non-hydrogen) atoms. The molecule has 0 spiro atoms. The summed E-state index contributed by atoms with van der Waals surface area (Å²) in [5, 5.41) is 0. The zero-order chi connectivity index (χ0) is 37.6. The molecule has 8 heteroatoms. The zero-order valence-electron chi connectivity index (χ0n) is 34.2. The molecule has 3 unspecified atom stereocenters. The van der Waals surface area contributed by atoms with E-state index in [9.17, 15) is 4.79 Å². The summed E-state index contributed by atoms with van der Waals surface area (Å²) in [7, 11) is 0. The van der Waals surface area contributed by atoms with Gasteiger partial charge < -0.3 is 36.3 Å². The number of unbranched alkanes of at least 4 members (excludes halogenated alkanes) is 5. The topological polar surface area (TPSA) is 126 Å². The third-order valence-corrected chi connectivity index (χ3v) is 14.8. The molecule has 4 saturated carbocycles. The normalized spacial score (nSPS) is 34.7. The maximum atomic E-state index is 12.8. The third kappa shape index (κ3) is 10.6. The van der Waals surface area contributed by atoms with Gasteiger partial charge in [-0.25, -0.2) is 0 Å². The van der Waals surface area contributed by atoms with Crippen molar-refractivity contribution in [2.75, 3.05) is 52.5 Å². The van der Waals surface area contributed by atoms with Crippen molar-refractivity contribution >= 4 is 5.91 Å². The number of amides is 1. The Labute approximate surface area is 319 Å². The quantitative estimate of drug-likeness (QED) is 0.0645. The minimum atomic E-state index is 0.0849. The summed E-state index contributed by atoms with van der Waals surface area (Å²) >= 11 is 0. The van der Waals surface area contributed by atoms with Gasteiger partial charge in [0.2, 0.25) is 5.91 Å². The van der Waals surface area contributed by atoms with Gasteiger partial charge in [0.05, 0.1) is 18.3 Å². The van der Waals surface area contributed by atoms with Gasteiger partial charge in [0.25, 0.3) is 0 Å². The number of rotatable bonds is 25. The van der Waals surface area contributed by atoms with Crippen LogP contribution in [0.15, 0.2) is 12.7 Å². The van der Waals surface area contributed by atoms with Crippen molar-refractivity contribution in [1.82, 2.24) is 4.90 Å². The van der Waals surface area contributed by atoms with Crippen molar-refractivity contribution in [2.24, 2.45) is 63.5 Å². The fourth-order valence-electron chi connectivity index (χ4n) is 11.9. The van der Waals surface area contributed by atoms with E-state index >= 15 is 0 Å². The SMILES string of the molecule is C=CC(=O)N(CCCCCCCC)CCC[C@@H](C)C1CC[C@H]2C3[C@H](OCCCN)CC4C[C@H](OCCCN)CC[C@]4(C)[C@H]3C[C@H](OCCCN)[C@]12C. The van der Waals surface area contributed by atoms with Gasteiger partial charge in [-0.05, 0) is 150 Å².